The summed E-state index contributed by atoms with van der Waals surface area (Å²) in [6.45, 7) is 3.71. The first-order valence-electron chi connectivity index (χ1n) is 6.49. The molecule has 1 heterocycles. The van der Waals surface area contributed by atoms with E-state index in [9.17, 15) is 13.2 Å². The summed E-state index contributed by atoms with van der Waals surface area (Å²) >= 11 is 1.45. The minimum Gasteiger partial charge on any atom is -0.406 e. The monoisotopic (exact) mass is 316 g/mol. The molecule has 0 aliphatic rings. The number of benzene rings is 1. The molecule has 0 atom stereocenters. The molecule has 0 fully saturated rings. The van der Waals surface area contributed by atoms with Gasteiger partial charge in [0, 0.05) is 23.2 Å². The normalized spacial score (nSPS) is 11.6. The fourth-order valence-electron chi connectivity index (χ4n) is 1.74. The molecule has 3 nitrogen and oxygen atoms in total. The molecule has 0 spiro atoms. The van der Waals surface area contributed by atoms with Crippen molar-refractivity contribution in [2.45, 2.75) is 26.3 Å². The molecular weight excluding hydrogens is 301 g/mol. The van der Waals surface area contributed by atoms with Gasteiger partial charge in [-0.15, -0.1) is 24.5 Å². The molecule has 0 radical (unpaired) electrons. The highest BCUT2D eigenvalue weighted by atomic mass is 32.1. The van der Waals surface area contributed by atoms with Crippen LogP contribution >= 0.6 is 11.3 Å². The zero-order chi connectivity index (χ0) is 15.3. The van der Waals surface area contributed by atoms with E-state index >= 15 is 0 Å². The van der Waals surface area contributed by atoms with Crippen LogP contribution in [0.5, 0.6) is 5.75 Å². The molecule has 0 aliphatic carbocycles. The van der Waals surface area contributed by atoms with E-state index in [-0.39, 0.29) is 5.75 Å². The van der Waals surface area contributed by atoms with E-state index in [1.807, 2.05) is 0 Å². The number of halogens is 3. The van der Waals surface area contributed by atoms with Crippen molar-refractivity contribution in [1.29, 1.82) is 0 Å². The van der Waals surface area contributed by atoms with Crippen molar-refractivity contribution in [2.75, 3.05) is 6.54 Å². The van der Waals surface area contributed by atoms with Crippen LogP contribution in [-0.2, 0) is 6.54 Å². The molecule has 0 unspecified atom stereocenters. The minimum atomic E-state index is -4.68. The van der Waals surface area contributed by atoms with Crippen molar-refractivity contribution in [3.8, 4) is 16.3 Å². The summed E-state index contributed by atoms with van der Waals surface area (Å²) in [5.74, 6) is -0.235. The Hall–Kier alpha value is -1.60. The maximum absolute atomic E-state index is 12.2. The molecule has 2 aromatic rings. The van der Waals surface area contributed by atoms with Crippen LogP contribution in [0.15, 0.2) is 30.5 Å². The highest BCUT2D eigenvalue weighted by Gasteiger charge is 2.31. The largest absolute Gasteiger partial charge is 0.573 e. The van der Waals surface area contributed by atoms with Gasteiger partial charge < -0.3 is 10.1 Å². The Balaban J connectivity index is 2.09. The van der Waals surface area contributed by atoms with E-state index < -0.39 is 6.36 Å². The van der Waals surface area contributed by atoms with Gasteiger partial charge in [-0.2, -0.15) is 0 Å². The van der Waals surface area contributed by atoms with Crippen LogP contribution in [0.3, 0.4) is 0 Å². The van der Waals surface area contributed by atoms with Crippen LogP contribution in [0.25, 0.3) is 10.6 Å². The molecule has 2 rings (SSSR count). The number of rotatable bonds is 6. The van der Waals surface area contributed by atoms with Gasteiger partial charge in [0.1, 0.15) is 10.8 Å². The Morgan fingerprint density at radius 1 is 1.33 bits per heavy atom. The van der Waals surface area contributed by atoms with Crippen LogP contribution in [0.1, 0.15) is 18.2 Å². The first-order chi connectivity index (χ1) is 9.98. The molecule has 1 aromatic heterocycles. The average molecular weight is 316 g/mol. The van der Waals surface area contributed by atoms with E-state index in [2.05, 4.69) is 22.0 Å². The van der Waals surface area contributed by atoms with Gasteiger partial charge in [0.15, 0.2) is 0 Å². The Labute approximate surface area is 124 Å². The maximum Gasteiger partial charge on any atom is 0.573 e. The number of hydrogen-bond donors (Lipinski definition) is 1. The number of nitrogens with one attached hydrogen (secondary N) is 1. The smallest absolute Gasteiger partial charge is 0.406 e. The molecule has 0 amide bonds. The number of alkyl halides is 3. The highest BCUT2D eigenvalue weighted by Crippen LogP contribution is 2.30. The van der Waals surface area contributed by atoms with Crippen molar-refractivity contribution in [3.63, 3.8) is 0 Å². The Morgan fingerprint density at radius 3 is 2.86 bits per heavy atom. The third-order valence-corrected chi connectivity index (χ3v) is 3.64. The molecule has 7 heteroatoms. The lowest BCUT2D eigenvalue weighted by molar-refractivity contribution is -0.274. The van der Waals surface area contributed by atoms with Gasteiger partial charge in [-0.05, 0) is 25.1 Å². The molecule has 0 bridgehead atoms. The molecular formula is C14H15F3N2OS. The van der Waals surface area contributed by atoms with Gasteiger partial charge in [-0.3, -0.25) is 0 Å². The summed E-state index contributed by atoms with van der Waals surface area (Å²) in [6.07, 6.45) is -1.90. The average Bonchev–Trinajstić information content (AvgIpc) is 2.86. The summed E-state index contributed by atoms with van der Waals surface area (Å²) in [7, 11) is 0. The third-order valence-electron chi connectivity index (χ3n) is 2.59. The minimum absolute atomic E-state index is 0.235. The second-order valence-corrected chi connectivity index (χ2v) is 5.50. The van der Waals surface area contributed by atoms with Crippen molar-refractivity contribution in [1.82, 2.24) is 10.3 Å². The first-order valence-corrected chi connectivity index (χ1v) is 7.31. The summed E-state index contributed by atoms with van der Waals surface area (Å²) in [5, 5.41) is 3.93. The van der Waals surface area contributed by atoms with E-state index in [0.29, 0.717) is 17.1 Å². The van der Waals surface area contributed by atoms with Crippen LogP contribution in [0.4, 0.5) is 13.2 Å². The lowest BCUT2D eigenvalue weighted by Gasteiger charge is -2.09. The standard InChI is InChI=1S/C14H15F3N2OS/c1-2-6-18-8-12-9-19-13(21-12)10-4-3-5-11(7-10)20-14(15,16)17/h3-5,7,9,18H,2,6,8H2,1H3. The number of ether oxygens (including phenoxy) is 1. The van der Waals surface area contributed by atoms with Crippen LogP contribution in [0.2, 0.25) is 0 Å². The second kappa shape index (κ2) is 6.91. The molecule has 1 aromatic carbocycles. The van der Waals surface area contributed by atoms with Crippen molar-refractivity contribution < 1.29 is 17.9 Å². The topological polar surface area (TPSA) is 34.2 Å². The van der Waals surface area contributed by atoms with E-state index in [0.717, 1.165) is 17.8 Å². The van der Waals surface area contributed by atoms with E-state index in [1.54, 1.807) is 12.3 Å². The number of nitrogens with zero attached hydrogens (tertiary/aromatic N) is 1. The van der Waals surface area contributed by atoms with Crippen LogP contribution < -0.4 is 10.1 Å². The molecule has 1 N–H and O–H groups in total. The van der Waals surface area contributed by atoms with Crippen molar-refractivity contribution in [2.24, 2.45) is 0 Å². The zero-order valence-corrected chi connectivity index (χ0v) is 12.2. The summed E-state index contributed by atoms with van der Waals surface area (Å²) < 4.78 is 40.5. The SMILES string of the molecule is CCCNCc1cnc(-c2cccc(OC(F)(F)F)c2)s1. The number of thiazole rings is 1. The first kappa shape index (κ1) is 15.8. The lowest BCUT2D eigenvalue weighted by atomic mass is 10.2. The predicted octanol–water partition coefficient (Wildman–Crippen LogP) is 4.21. The number of hydrogen-bond acceptors (Lipinski definition) is 4. The van der Waals surface area contributed by atoms with Gasteiger partial charge >= 0.3 is 6.36 Å². The Kier molecular flexibility index (Phi) is 5.19. The maximum atomic E-state index is 12.2. The van der Waals surface area contributed by atoms with Crippen LogP contribution in [0, 0.1) is 0 Å². The molecule has 0 saturated heterocycles. The summed E-state index contributed by atoms with van der Waals surface area (Å²) in [6, 6.07) is 5.85. The lowest BCUT2D eigenvalue weighted by Crippen LogP contribution is -2.17. The van der Waals surface area contributed by atoms with Gasteiger partial charge in [-0.25, -0.2) is 4.98 Å². The highest BCUT2D eigenvalue weighted by molar-refractivity contribution is 7.15. The van der Waals surface area contributed by atoms with Gasteiger partial charge in [0.25, 0.3) is 0 Å². The van der Waals surface area contributed by atoms with Crippen LogP contribution in [-0.4, -0.2) is 17.9 Å². The fourth-order valence-corrected chi connectivity index (χ4v) is 2.62. The quantitative estimate of drug-likeness (QED) is 0.811. The number of aromatic nitrogens is 1. The Bertz CT molecular complexity index is 584. The molecule has 114 valence electrons. The van der Waals surface area contributed by atoms with Crippen molar-refractivity contribution >= 4 is 11.3 Å². The summed E-state index contributed by atoms with van der Waals surface area (Å²) in [5.41, 5.74) is 0.614. The molecule has 0 aliphatic heterocycles. The van der Waals surface area contributed by atoms with E-state index in [1.165, 1.54) is 29.5 Å². The van der Waals surface area contributed by atoms with Gasteiger partial charge in [0.2, 0.25) is 0 Å². The molecule has 0 saturated carbocycles. The third kappa shape index (κ3) is 5.02. The van der Waals surface area contributed by atoms with Gasteiger partial charge in [0.05, 0.1) is 0 Å². The molecule has 21 heavy (non-hydrogen) atoms. The Morgan fingerprint density at radius 2 is 2.14 bits per heavy atom. The second-order valence-electron chi connectivity index (χ2n) is 4.38. The zero-order valence-electron chi connectivity index (χ0n) is 11.4. The fraction of sp³-hybridized carbons (Fsp3) is 0.357. The van der Waals surface area contributed by atoms with Gasteiger partial charge in [-0.1, -0.05) is 19.1 Å². The summed E-state index contributed by atoms with van der Waals surface area (Å²) in [4.78, 5) is 5.29. The predicted molar refractivity (Wildman–Crippen MR) is 76.2 cm³/mol. The van der Waals surface area contributed by atoms with E-state index in [4.69, 9.17) is 0 Å². The van der Waals surface area contributed by atoms with Crippen molar-refractivity contribution in [3.05, 3.63) is 35.3 Å².